The lowest BCUT2D eigenvalue weighted by Gasteiger charge is -1.98. The summed E-state index contributed by atoms with van der Waals surface area (Å²) in [4.78, 5) is 4.05. The average molecular weight is 174 g/mol. The van der Waals surface area contributed by atoms with Gasteiger partial charge >= 0.3 is 0 Å². The number of aromatic nitrogens is 1. The van der Waals surface area contributed by atoms with E-state index >= 15 is 0 Å². The Balaban J connectivity index is 2.41. The molecular weight excluding hydrogens is 164 g/mol. The summed E-state index contributed by atoms with van der Waals surface area (Å²) in [5.41, 5.74) is 7.57. The third kappa shape index (κ3) is 1.60. The van der Waals surface area contributed by atoms with Crippen LogP contribution in [0, 0.1) is 0 Å². The van der Waals surface area contributed by atoms with Gasteiger partial charge in [0, 0.05) is 12.1 Å². The zero-order chi connectivity index (χ0) is 9.10. The van der Waals surface area contributed by atoms with Crippen LogP contribution in [0.2, 0.25) is 0 Å². The molecule has 0 radical (unpaired) electrons. The van der Waals surface area contributed by atoms with E-state index in [0.29, 0.717) is 12.4 Å². The van der Waals surface area contributed by atoms with Gasteiger partial charge in [-0.15, -0.1) is 0 Å². The Morgan fingerprint density at radius 3 is 3.00 bits per heavy atom. The first kappa shape index (κ1) is 8.01. The lowest BCUT2D eigenvalue weighted by molar-refractivity contribution is 0.574. The number of nitrogens with zero attached hydrogens (tertiary/aromatic N) is 1. The van der Waals surface area contributed by atoms with Gasteiger partial charge in [0.2, 0.25) is 5.89 Å². The van der Waals surface area contributed by atoms with Crippen LogP contribution in [0.15, 0.2) is 41.1 Å². The first-order chi connectivity index (χ1) is 6.40. The Kier molecular flexibility index (Phi) is 2.10. The van der Waals surface area contributed by atoms with Crippen LogP contribution in [0.1, 0.15) is 5.56 Å². The van der Waals surface area contributed by atoms with Crippen LogP contribution < -0.4 is 5.73 Å². The van der Waals surface area contributed by atoms with Gasteiger partial charge in [0.05, 0.1) is 6.20 Å². The molecule has 0 aliphatic heterocycles. The fraction of sp³-hybridized carbons (Fsp3) is 0.100. The number of nitrogens with two attached hydrogens (primary N) is 1. The Labute approximate surface area is 76.2 Å². The molecule has 2 rings (SSSR count). The summed E-state index contributed by atoms with van der Waals surface area (Å²) in [6.07, 6.45) is 3.19. The van der Waals surface area contributed by atoms with E-state index in [9.17, 15) is 0 Å². The summed E-state index contributed by atoms with van der Waals surface area (Å²) in [6.45, 7) is 0.536. The van der Waals surface area contributed by atoms with Crippen molar-refractivity contribution < 1.29 is 4.42 Å². The van der Waals surface area contributed by atoms with Crippen LogP contribution in [0.3, 0.4) is 0 Å². The first-order valence-electron chi connectivity index (χ1n) is 4.09. The van der Waals surface area contributed by atoms with Gasteiger partial charge in [-0.2, -0.15) is 0 Å². The van der Waals surface area contributed by atoms with E-state index in [-0.39, 0.29) is 0 Å². The topological polar surface area (TPSA) is 52.0 Å². The number of oxazole rings is 1. The van der Waals surface area contributed by atoms with Crippen LogP contribution >= 0.6 is 0 Å². The molecule has 0 amide bonds. The normalized spacial score (nSPS) is 10.2. The van der Waals surface area contributed by atoms with Crippen molar-refractivity contribution in [3.63, 3.8) is 0 Å². The molecule has 0 fully saturated rings. The SMILES string of the molecule is NCc1cccc(-c2ncco2)c1. The van der Waals surface area contributed by atoms with Gasteiger partial charge in [0.1, 0.15) is 6.26 Å². The van der Waals surface area contributed by atoms with Crippen LogP contribution in [0.4, 0.5) is 0 Å². The fourth-order valence-electron chi connectivity index (χ4n) is 1.20. The average Bonchev–Trinajstić information content (AvgIpc) is 2.71. The minimum absolute atomic E-state index is 0.536. The molecule has 3 nitrogen and oxygen atoms in total. The minimum atomic E-state index is 0.536. The molecule has 0 saturated heterocycles. The van der Waals surface area contributed by atoms with E-state index < -0.39 is 0 Å². The van der Waals surface area contributed by atoms with Crippen molar-refractivity contribution in [2.45, 2.75) is 6.54 Å². The van der Waals surface area contributed by atoms with Crippen LogP contribution in [0.25, 0.3) is 11.5 Å². The minimum Gasteiger partial charge on any atom is -0.445 e. The van der Waals surface area contributed by atoms with E-state index in [1.165, 1.54) is 0 Å². The molecule has 66 valence electrons. The molecule has 0 aliphatic carbocycles. The van der Waals surface area contributed by atoms with Crippen molar-refractivity contribution in [1.29, 1.82) is 0 Å². The summed E-state index contributed by atoms with van der Waals surface area (Å²) < 4.78 is 5.17. The summed E-state index contributed by atoms with van der Waals surface area (Å²) in [5, 5.41) is 0. The lowest BCUT2D eigenvalue weighted by atomic mass is 10.1. The number of rotatable bonds is 2. The van der Waals surface area contributed by atoms with Gasteiger partial charge in [-0.1, -0.05) is 12.1 Å². The van der Waals surface area contributed by atoms with Crippen molar-refractivity contribution in [1.82, 2.24) is 4.98 Å². The van der Waals surface area contributed by atoms with Crippen LogP contribution in [-0.2, 0) is 6.54 Å². The fourth-order valence-corrected chi connectivity index (χ4v) is 1.20. The molecule has 1 heterocycles. The molecule has 1 aromatic heterocycles. The monoisotopic (exact) mass is 174 g/mol. The second-order valence-corrected chi connectivity index (χ2v) is 2.74. The molecule has 0 unspecified atom stereocenters. The maximum Gasteiger partial charge on any atom is 0.225 e. The Morgan fingerprint density at radius 2 is 2.31 bits per heavy atom. The van der Waals surface area contributed by atoms with E-state index in [0.717, 1.165) is 11.1 Å². The summed E-state index contributed by atoms with van der Waals surface area (Å²) in [7, 11) is 0. The first-order valence-corrected chi connectivity index (χ1v) is 4.09. The van der Waals surface area contributed by atoms with Crippen molar-refractivity contribution in [3.05, 3.63) is 42.3 Å². The smallest absolute Gasteiger partial charge is 0.225 e. The Hall–Kier alpha value is -1.61. The molecule has 0 bridgehead atoms. The number of hydrogen-bond donors (Lipinski definition) is 1. The zero-order valence-electron chi connectivity index (χ0n) is 7.10. The standard InChI is InChI=1S/C10H10N2O/c11-7-8-2-1-3-9(6-8)10-12-4-5-13-10/h1-6H,7,11H2. The molecule has 2 aromatic rings. The van der Waals surface area contributed by atoms with E-state index in [1.54, 1.807) is 12.5 Å². The maximum absolute atomic E-state index is 5.52. The highest BCUT2D eigenvalue weighted by Gasteiger charge is 2.01. The summed E-state index contributed by atoms with van der Waals surface area (Å²) in [6, 6.07) is 7.85. The third-order valence-corrected chi connectivity index (χ3v) is 1.84. The van der Waals surface area contributed by atoms with Gasteiger partial charge in [-0.25, -0.2) is 4.98 Å². The molecule has 3 heteroatoms. The number of benzene rings is 1. The number of hydrogen-bond acceptors (Lipinski definition) is 3. The van der Waals surface area contributed by atoms with Crippen molar-refractivity contribution >= 4 is 0 Å². The summed E-state index contributed by atoms with van der Waals surface area (Å²) in [5.74, 6) is 0.635. The molecule has 0 aliphatic rings. The van der Waals surface area contributed by atoms with E-state index in [1.807, 2.05) is 24.3 Å². The molecule has 1 aromatic carbocycles. The largest absolute Gasteiger partial charge is 0.445 e. The van der Waals surface area contributed by atoms with Crippen LogP contribution in [-0.4, -0.2) is 4.98 Å². The van der Waals surface area contributed by atoms with Crippen molar-refractivity contribution in [3.8, 4) is 11.5 Å². The molecule has 2 N–H and O–H groups in total. The highest BCUT2D eigenvalue weighted by atomic mass is 16.3. The van der Waals surface area contributed by atoms with Gasteiger partial charge in [0.15, 0.2) is 0 Å². The van der Waals surface area contributed by atoms with Crippen molar-refractivity contribution in [2.75, 3.05) is 0 Å². The maximum atomic E-state index is 5.52. The van der Waals surface area contributed by atoms with Gasteiger partial charge < -0.3 is 10.2 Å². The Bertz CT molecular complexity index is 382. The molecule has 13 heavy (non-hydrogen) atoms. The van der Waals surface area contributed by atoms with Crippen LogP contribution in [0.5, 0.6) is 0 Å². The highest BCUT2D eigenvalue weighted by molar-refractivity contribution is 5.53. The molecule has 0 spiro atoms. The lowest BCUT2D eigenvalue weighted by Crippen LogP contribution is -1.95. The molecule has 0 saturated carbocycles. The molecular formula is C10H10N2O. The third-order valence-electron chi connectivity index (χ3n) is 1.84. The van der Waals surface area contributed by atoms with E-state index in [2.05, 4.69) is 4.98 Å². The summed E-state index contributed by atoms with van der Waals surface area (Å²) >= 11 is 0. The molecule has 0 atom stereocenters. The van der Waals surface area contributed by atoms with Gasteiger partial charge in [0.25, 0.3) is 0 Å². The second-order valence-electron chi connectivity index (χ2n) is 2.74. The predicted octanol–water partition coefficient (Wildman–Crippen LogP) is 1.80. The van der Waals surface area contributed by atoms with Gasteiger partial charge in [-0.3, -0.25) is 0 Å². The second kappa shape index (κ2) is 3.41. The Morgan fingerprint density at radius 1 is 1.38 bits per heavy atom. The highest BCUT2D eigenvalue weighted by Crippen LogP contribution is 2.17. The van der Waals surface area contributed by atoms with Gasteiger partial charge in [-0.05, 0) is 17.7 Å². The van der Waals surface area contributed by atoms with Crippen molar-refractivity contribution in [2.24, 2.45) is 5.73 Å². The quantitative estimate of drug-likeness (QED) is 0.755. The zero-order valence-corrected chi connectivity index (χ0v) is 7.10. The van der Waals surface area contributed by atoms with E-state index in [4.69, 9.17) is 10.2 Å². The predicted molar refractivity (Wildman–Crippen MR) is 49.8 cm³/mol.